The highest BCUT2D eigenvalue weighted by molar-refractivity contribution is 6.30. The Morgan fingerprint density at radius 1 is 1.53 bits per heavy atom. The number of carboxylic acids is 1. The van der Waals surface area contributed by atoms with Crippen LogP contribution in [0.25, 0.3) is 0 Å². The van der Waals surface area contributed by atoms with Crippen molar-refractivity contribution in [1.29, 1.82) is 0 Å². The second-order valence-corrected chi connectivity index (χ2v) is 3.95. The highest BCUT2D eigenvalue weighted by Crippen LogP contribution is 2.25. The molecule has 0 unspecified atom stereocenters. The molecule has 1 aromatic rings. The van der Waals surface area contributed by atoms with Crippen molar-refractivity contribution in [2.24, 2.45) is 0 Å². The zero-order chi connectivity index (χ0) is 10.9. The van der Waals surface area contributed by atoms with E-state index in [1.54, 1.807) is 24.3 Å². The molecular formula is C10H10ClNO3. The van der Waals surface area contributed by atoms with Gasteiger partial charge in [-0.1, -0.05) is 17.7 Å². The van der Waals surface area contributed by atoms with Crippen molar-refractivity contribution in [2.45, 2.75) is 5.54 Å². The molecule has 1 aliphatic heterocycles. The summed E-state index contributed by atoms with van der Waals surface area (Å²) in [4.78, 5) is 11.0. The Morgan fingerprint density at radius 2 is 2.27 bits per heavy atom. The number of ether oxygens (including phenoxy) is 1. The molecule has 1 aromatic carbocycles. The van der Waals surface area contributed by atoms with Crippen LogP contribution in [0, 0.1) is 0 Å². The van der Waals surface area contributed by atoms with Crippen LogP contribution >= 0.6 is 11.6 Å². The van der Waals surface area contributed by atoms with Crippen LogP contribution in [0.2, 0.25) is 5.02 Å². The average molecular weight is 228 g/mol. The van der Waals surface area contributed by atoms with Gasteiger partial charge >= 0.3 is 5.97 Å². The summed E-state index contributed by atoms with van der Waals surface area (Å²) in [6.45, 7) is 0.351. The highest BCUT2D eigenvalue weighted by atomic mass is 35.5. The molecule has 1 aliphatic rings. The van der Waals surface area contributed by atoms with Gasteiger partial charge in [-0.3, -0.25) is 0 Å². The Hall–Kier alpha value is -1.26. The fourth-order valence-corrected chi connectivity index (χ4v) is 1.59. The van der Waals surface area contributed by atoms with E-state index in [-0.39, 0.29) is 13.2 Å². The molecule has 0 saturated carbocycles. The average Bonchev–Trinajstić information content (AvgIpc) is 2.11. The van der Waals surface area contributed by atoms with E-state index in [9.17, 15) is 4.79 Å². The molecule has 0 bridgehead atoms. The van der Waals surface area contributed by atoms with Gasteiger partial charge in [0, 0.05) is 10.7 Å². The summed E-state index contributed by atoms with van der Waals surface area (Å²) in [7, 11) is 0. The number of nitrogens with one attached hydrogen (secondary N) is 1. The quantitative estimate of drug-likeness (QED) is 0.824. The van der Waals surface area contributed by atoms with Crippen LogP contribution in [0.15, 0.2) is 24.3 Å². The lowest BCUT2D eigenvalue weighted by Gasteiger charge is -2.38. The van der Waals surface area contributed by atoms with Crippen molar-refractivity contribution < 1.29 is 14.6 Å². The van der Waals surface area contributed by atoms with Crippen LogP contribution in [0.3, 0.4) is 0 Å². The predicted molar refractivity (Wildman–Crippen MR) is 56.3 cm³/mol. The zero-order valence-corrected chi connectivity index (χ0v) is 8.62. The molecule has 1 saturated heterocycles. The maximum atomic E-state index is 11.0. The number of halogens is 1. The van der Waals surface area contributed by atoms with Gasteiger partial charge < -0.3 is 15.2 Å². The Morgan fingerprint density at radius 3 is 2.73 bits per heavy atom. The molecule has 1 fully saturated rings. The Balaban J connectivity index is 2.17. The molecule has 0 aliphatic carbocycles. The van der Waals surface area contributed by atoms with Crippen molar-refractivity contribution in [2.75, 3.05) is 18.5 Å². The van der Waals surface area contributed by atoms with Crippen molar-refractivity contribution in [1.82, 2.24) is 0 Å². The molecule has 0 atom stereocenters. The van der Waals surface area contributed by atoms with Crippen LogP contribution in [0.4, 0.5) is 5.69 Å². The first-order valence-electron chi connectivity index (χ1n) is 4.47. The number of hydrogen-bond acceptors (Lipinski definition) is 3. The molecule has 1 heterocycles. The van der Waals surface area contributed by atoms with Gasteiger partial charge in [0.2, 0.25) is 0 Å². The van der Waals surface area contributed by atoms with Crippen LogP contribution in [-0.2, 0) is 9.53 Å². The standard InChI is InChI=1S/C10H10ClNO3/c11-7-2-1-3-8(4-7)12-10(9(13)14)5-15-6-10/h1-4,12H,5-6H2,(H,13,14). The number of aliphatic carboxylic acids is 1. The lowest BCUT2D eigenvalue weighted by atomic mass is 9.97. The van der Waals surface area contributed by atoms with E-state index in [0.29, 0.717) is 10.7 Å². The summed E-state index contributed by atoms with van der Waals surface area (Å²) in [6.07, 6.45) is 0. The number of carboxylic acid groups (broad SMARTS) is 1. The molecule has 15 heavy (non-hydrogen) atoms. The van der Waals surface area contributed by atoms with Gasteiger partial charge in [-0.2, -0.15) is 0 Å². The number of hydrogen-bond donors (Lipinski definition) is 2. The first-order chi connectivity index (χ1) is 7.12. The maximum Gasteiger partial charge on any atom is 0.334 e. The lowest BCUT2D eigenvalue weighted by Crippen LogP contribution is -2.61. The first kappa shape index (κ1) is 10.3. The Labute approximate surface area is 91.8 Å². The van der Waals surface area contributed by atoms with Gasteiger partial charge in [0.05, 0.1) is 13.2 Å². The number of benzene rings is 1. The fourth-order valence-electron chi connectivity index (χ4n) is 1.40. The minimum absolute atomic E-state index is 0.175. The van der Waals surface area contributed by atoms with E-state index >= 15 is 0 Å². The molecule has 0 radical (unpaired) electrons. The summed E-state index contributed by atoms with van der Waals surface area (Å²) in [5, 5.41) is 12.5. The highest BCUT2D eigenvalue weighted by Gasteiger charge is 2.46. The first-order valence-corrected chi connectivity index (χ1v) is 4.85. The van der Waals surface area contributed by atoms with E-state index in [4.69, 9.17) is 21.4 Å². The molecule has 0 amide bonds. The molecule has 2 rings (SSSR count). The molecule has 2 N–H and O–H groups in total. The Kier molecular flexibility index (Phi) is 2.54. The second-order valence-electron chi connectivity index (χ2n) is 3.52. The predicted octanol–water partition coefficient (Wildman–Crippen LogP) is 1.61. The van der Waals surface area contributed by atoms with E-state index in [1.165, 1.54) is 0 Å². The third kappa shape index (κ3) is 1.91. The second kappa shape index (κ2) is 3.72. The van der Waals surface area contributed by atoms with Gasteiger partial charge in [0.15, 0.2) is 5.54 Å². The topological polar surface area (TPSA) is 58.6 Å². The van der Waals surface area contributed by atoms with Crippen molar-refractivity contribution >= 4 is 23.3 Å². The minimum Gasteiger partial charge on any atom is -0.479 e. The molecule has 5 heteroatoms. The van der Waals surface area contributed by atoms with Crippen LogP contribution in [-0.4, -0.2) is 29.8 Å². The van der Waals surface area contributed by atoms with Gasteiger partial charge in [-0.15, -0.1) is 0 Å². The van der Waals surface area contributed by atoms with Gasteiger partial charge in [0.25, 0.3) is 0 Å². The van der Waals surface area contributed by atoms with E-state index in [0.717, 1.165) is 0 Å². The molecule has 80 valence electrons. The van der Waals surface area contributed by atoms with Crippen molar-refractivity contribution in [3.05, 3.63) is 29.3 Å². The normalized spacial score (nSPS) is 17.9. The van der Waals surface area contributed by atoms with Crippen molar-refractivity contribution in [3.63, 3.8) is 0 Å². The molecule has 4 nitrogen and oxygen atoms in total. The van der Waals surface area contributed by atoms with E-state index < -0.39 is 11.5 Å². The molecular weight excluding hydrogens is 218 g/mol. The third-order valence-electron chi connectivity index (χ3n) is 2.31. The van der Waals surface area contributed by atoms with Crippen LogP contribution < -0.4 is 5.32 Å². The zero-order valence-electron chi connectivity index (χ0n) is 7.87. The van der Waals surface area contributed by atoms with Gasteiger partial charge in [-0.05, 0) is 18.2 Å². The SMILES string of the molecule is O=C(O)C1(Nc2cccc(Cl)c2)COC1. The van der Waals surface area contributed by atoms with Crippen molar-refractivity contribution in [3.8, 4) is 0 Å². The summed E-state index contributed by atoms with van der Waals surface area (Å²) < 4.78 is 4.93. The number of anilines is 1. The fraction of sp³-hybridized carbons (Fsp3) is 0.300. The Bertz CT molecular complexity index is 390. The molecule has 0 spiro atoms. The van der Waals surface area contributed by atoms with Gasteiger partial charge in [-0.25, -0.2) is 4.79 Å². The summed E-state index contributed by atoms with van der Waals surface area (Å²) >= 11 is 5.80. The lowest BCUT2D eigenvalue weighted by molar-refractivity contribution is -0.158. The molecule has 0 aromatic heterocycles. The smallest absolute Gasteiger partial charge is 0.334 e. The van der Waals surface area contributed by atoms with E-state index in [1.807, 2.05) is 0 Å². The van der Waals surface area contributed by atoms with E-state index in [2.05, 4.69) is 5.32 Å². The monoisotopic (exact) mass is 227 g/mol. The summed E-state index contributed by atoms with van der Waals surface area (Å²) in [5.74, 6) is -0.909. The number of rotatable bonds is 3. The largest absolute Gasteiger partial charge is 0.479 e. The maximum absolute atomic E-state index is 11.0. The number of carbonyl (C=O) groups is 1. The summed E-state index contributed by atoms with van der Waals surface area (Å²) in [6, 6.07) is 6.96. The van der Waals surface area contributed by atoms with Gasteiger partial charge in [0.1, 0.15) is 0 Å². The third-order valence-corrected chi connectivity index (χ3v) is 2.55. The van der Waals surface area contributed by atoms with Crippen LogP contribution in [0.1, 0.15) is 0 Å². The summed E-state index contributed by atoms with van der Waals surface area (Å²) in [5.41, 5.74) is -0.307. The minimum atomic E-state index is -0.995. The van der Waals surface area contributed by atoms with Crippen LogP contribution in [0.5, 0.6) is 0 Å².